The fraction of sp³-hybridized carbons (Fsp3) is 0.364. The van der Waals surface area contributed by atoms with E-state index in [1.54, 1.807) is 7.11 Å². The normalized spacial score (nSPS) is 9.93. The minimum atomic E-state index is 0.548. The molecule has 14 heavy (non-hydrogen) atoms. The molecular formula is C11H16N2O. The molecule has 1 aromatic heterocycles. The molecule has 0 aliphatic rings. The zero-order valence-electron chi connectivity index (χ0n) is 8.92. The Balaban J connectivity index is 3.30. The number of methoxy groups -OCH3 is 1. The van der Waals surface area contributed by atoms with Gasteiger partial charge in [0.2, 0.25) is 5.88 Å². The minimum Gasteiger partial charge on any atom is -0.481 e. The van der Waals surface area contributed by atoms with Crippen molar-refractivity contribution in [3.63, 3.8) is 0 Å². The molecule has 0 aromatic carbocycles. The van der Waals surface area contributed by atoms with E-state index in [1.165, 1.54) is 0 Å². The molecule has 0 bridgehead atoms. The molecule has 0 radical (unpaired) electrons. The van der Waals surface area contributed by atoms with Gasteiger partial charge in [0.15, 0.2) is 0 Å². The fourth-order valence-electron chi connectivity index (χ4n) is 1.38. The lowest BCUT2D eigenvalue weighted by molar-refractivity contribution is 0.392. The summed E-state index contributed by atoms with van der Waals surface area (Å²) in [6.07, 6.45) is 0.872. The van der Waals surface area contributed by atoms with E-state index in [1.807, 2.05) is 13.0 Å². The average Bonchev–Trinajstić information content (AvgIpc) is 2.16. The Bertz CT molecular complexity index is 359. The highest BCUT2D eigenvalue weighted by Gasteiger charge is 2.08. The Morgan fingerprint density at radius 1 is 1.64 bits per heavy atom. The molecule has 1 rings (SSSR count). The summed E-state index contributed by atoms with van der Waals surface area (Å²) in [5.74, 6) is 0.676. The molecule has 2 N–H and O–H groups in total. The van der Waals surface area contributed by atoms with Crippen LogP contribution < -0.4 is 10.5 Å². The van der Waals surface area contributed by atoms with Gasteiger partial charge in [0.1, 0.15) is 0 Å². The van der Waals surface area contributed by atoms with E-state index in [0.717, 1.165) is 23.2 Å². The molecule has 0 saturated heterocycles. The largest absolute Gasteiger partial charge is 0.481 e. The first kappa shape index (κ1) is 10.6. The molecule has 1 aromatic rings. The highest BCUT2D eigenvalue weighted by Crippen LogP contribution is 2.22. The Kier molecular flexibility index (Phi) is 3.12. The van der Waals surface area contributed by atoms with Crippen molar-refractivity contribution in [2.75, 3.05) is 7.11 Å². The quantitative estimate of drug-likeness (QED) is 0.795. The SMILES string of the molecule is C=C(N)c1cc(CC)c(OC)nc1C. The van der Waals surface area contributed by atoms with E-state index in [2.05, 4.69) is 18.5 Å². The highest BCUT2D eigenvalue weighted by molar-refractivity contribution is 5.63. The summed E-state index contributed by atoms with van der Waals surface area (Å²) in [5, 5.41) is 0. The standard InChI is InChI=1S/C11H16N2O/c1-5-9-6-10(7(2)12)8(3)13-11(9)14-4/h6H,2,5,12H2,1,3-4H3. The monoisotopic (exact) mass is 192 g/mol. The van der Waals surface area contributed by atoms with Gasteiger partial charge in [-0.15, -0.1) is 0 Å². The molecule has 0 unspecified atom stereocenters. The van der Waals surface area contributed by atoms with Crippen LogP contribution in [0, 0.1) is 6.92 Å². The van der Waals surface area contributed by atoms with Crippen LogP contribution in [0.3, 0.4) is 0 Å². The number of rotatable bonds is 3. The van der Waals surface area contributed by atoms with E-state index in [4.69, 9.17) is 10.5 Å². The lowest BCUT2D eigenvalue weighted by atomic mass is 10.1. The van der Waals surface area contributed by atoms with Gasteiger partial charge in [-0.1, -0.05) is 13.5 Å². The molecule has 76 valence electrons. The minimum absolute atomic E-state index is 0.548. The molecular weight excluding hydrogens is 176 g/mol. The highest BCUT2D eigenvalue weighted by atomic mass is 16.5. The lowest BCUT2D eigenvalue weighted by Crippen LogP contribution is -2.03. The second kappa shape index (κ2) is 4.13. The van der Waals surface area contributed by atoms with Crippen LogP contribution in [-0.4, -0.2) is 12.1 Å². The van der Waals surface area contributed by atoms with E-state index < -0.39 is 0 Å². The third-order valence-electron chi connectivity index (χ3n) is 2.17. The fourth-order valence-corrected chi connectivity index (χ4v) is 1.38. The first-order valence-electron chi connectivity index (χ1n) is 4.59. The van der Waals surface area contributed by atoms with Crippen LogP contribution in [0.25, 0.3) is 5.70 Å². The Labute approximate surface area is 84.6 Å². The van der Waals surface area contributed by atoms with E-state index in [0.29, 0.717) is 11.6 Å². The van der Waals surface area contributed by atoms with Crippen LogP contribution in [0.15, 0.2) is 12.6 Å². The Hall–Kier alpha value is -1.51. The molecule has 0 aliphatic carbocycles. The van der Waals surface area contributed by atoms with Crippen LogP contribution in [0.1, 0.15) is 23.7 Å². The summed E-state index contributed by atoms with van der Waals surface area (Å²) in [6.45, 7) is 7.67. The van der Waals surface area contributed by atoms with Crippen molar-refractivity contribution in [3.8, 4) is 5.88 Å². The van der Waals surface area contributed by atoms with Gasteiger partial charge in [-0.05, 0) is 19.4 Å². The molecule has 0 fully saturated rings. The Morgan fingerprint density at radius 2 is 2.29 bits per heavy atom. The van der Waals surface area contributed by atoms with E-state index >= 15 is 0 Å². The van der Waals surface area contributed by atoms with Crippen molar-refractivity contribution < 1.29 is 4.74 Å². The third kappa shape index (κ3) is 1.87. The van der Waals surface area contributed by atoms with E-state index in [9.17, 15) is 0 Å². The number of nitrogens with two attached hydrogens (primary N) is 1. The third-order valence-corrected chi connectivity index (χ3v) is 2.17. The number of aromatic nitrogens is 1. The summed E-state index contributed by atoms with van der Waals surface area (Å²) < 4.78 is 5.17. The second-order valence-corrected chi connectivity index (χ2v) is 3.17. The molecule has 0 saturated carbocycles. The van der Waals surface area contributed by atoms with Gasteiger partial charge in [-0.25, -0.2) is 4.98 Å². The van der Waals surface area contributed by atoms with Gasteiger partial charge >= 0.3 is 0 Å². The molecule has 0 aliphatic heterocycles. The van der Waals surface area contributed by atoms with Crippen LogP contribution in [-0.2, 0) is 6.42 Å². The number of ether oxygens (including phenoxy) is 1. The maximum Gasteiger partial charge on any atom is 0.216 e. The van der Waals surface area contributed by atoms with Crippen molar-refractivity contribution in [3.05, 3.63) is 29.5 Å². The number of pyridine rings is 1. The smallest absolute Gasteiger partial charge is 0.216 e. The maximum atomic E-state index is 5.65. The maximum absolute atomic E-state index is 5.65. The predicted molar refractivity (Wildman–Crippen MR) is 58.1 cm³/mol. The lowest BCUT2D eigenvalue weighted by Gasteiger charge is -2.10. The first-order valence-corrected chi connectivity index (χ1v) is 4.59. The molecule has 0 amide bonds. The summed E-state index contributed by atoms with van der Waals surface area (Å²) >= 11 is 0. The summed E-state index contributed by atoms with van der Waals surface area (Å²) in [7, 11) is 1.62. The predicted octanol–water partition coefficient (Wildman–Crippen LogP) is 1.89. The van der Waals surface area contributed by atoms with Gasteiger partial charge in [0.25, 0.3) is 0 Å². The van der Waals surface area contributed by atoms with Crippen molar-refractivity contribution in [1.29, 1.82) is 0 Å². The zero-order valence-corrected chi connectivity index (χ0v) is 8.92. The van der Waals surface area contributed by atoms with Gasteiger partial charge < -0.3 is 10.5 Å². The number of nitrogens with zero attached hydrogens (tertiary/aromatic N) is 1. The molecule has 3 nitrogen and oxygen atoms in total. The van der Waals surface area contributed by atoms with Gasteiger partial charge in [-0.2, -0.15) is 0 Å². The number of hydrogen-bond acceptors (Lipinski definition) is 3. The summed E-state index contributed by atoms with van der Waals surface area (Å²) in [5.41, 5.74) is 9.02. The van der Waals surface area contributed by atoms with Crippen LogP contribution in [0.4, 0.5) is 0 Å². The van der Waals surface area contributed by atoms with Gasteiger partial charge in [-0.3, -0.25) is 0 Å². The van der Waals surface area contributed by atoms with Crippen molar-refractivity contribution in [2.24, 2.45) is 5.73 Å². The zero-order chi connectivity index (χ0) is 10.7. The van der Waals surface area contributed by atoms with Crippen LogP contribution in [0.5, 0.6) is 5.88 Å². The average molecular weight is 192 g/mol. The molecule has 1 heterocycles. The van der Waals surface area contributed by atoms with Gasteiger partial charge in [0, 0.05) is 16.8 Å². The molecule has 0 spiro atoms. The summed E-state index contributed by atoms with van der Waals surface area (Å²) in [6, 6.07) is 1.99. The first-order chi connectivity index (χ1) is 6.60. The number of hydrogen-bond donors (Lipinski definition) is 1. The Morgan fingerprint density at radius 3 is 2.71 bits per heavy atom. The van der Waals surface area contributed by atoms with Crippen molar-refractivity contribution in [2.45, 2.75) is 20.3 Å². The van der Waals surface area contributed by atoms with Crippen LogP contribution >= 0.6 is 0 Å². The molecule has 0 atom stereocenters. The topological polar surface area (TPSA) is 48.1 Å². The number of aryl methyl sites for hydroxylation is 2. The van der Waals surface area contributed by atoms with Crippen molar-refractivity contribution in [1.82, 2.24) is 4.98 Å². The molecule has 3 heteroatoms. The van der Waals surface area contributed by atoms with Crippen molar-refractivity contribution >= 4 is 5.70 Å². The second-order valence-electron chi connectivity index (χ2n) is 3.17. The van der Waals surface area contributed by atoms with E-state index in [-0.39, 0.29) is 0 Å². The summed E-state index contributed by atoms with van der Waals surface area (Å²) in [4.78, 5) is 4.32. The van der Waals surface area contributed by atoms with Crippen LogP contribution in [0.2, 0.25) is 0 Å². The van der Waals surface area contributed by atoms with Gasteiger partial charge in [0.05, 0.1) is 12.8 Å².